The van der Waals surface area contributed by atoms with Gasteiger partial charge in [0.1, 0.15) is 0 Å². The van der Waals surface area contributed by atoms with Gasteiger partial charge < -0.3 is 4.74 Å². The van der Waals surface area contributed by atoms with E-state index >= 15 is 0 Å². The predicted molar refractivity (Wildman–Crippen MR) is 56.7 cm³/mol. The van der Waals surface area contributed by atoms with Gasteiger partial charge in [-0.05, 0) is 34.9 Å². The third-order valence-electron chi connectivity index (χ3n) is 1.88. The Hall–Kier alpha value is -0.870. The third-order valence-corrected chi connectivity index (χ3v) is 1.88. The standard InChI is InChI=1S/C10H20N2O2/c1-7(2)10(13)14-9(4)11-8(3)12(5)6/h8-9,11H,1H2,2-6H3. The van der Waals surface area contributed by atoms with Gasteiger partial charge in [-0.15, -0.1) is 0 Å². The van der Waals surface area contributed by atoms with E-state index < -0.39 is 0 Å². The number of nitrogens with zero attached hydrogens (tertiary/aromatic N) is 1. The molecule has 0 aromatic heterocycles. The Balaban J connectivity index is 3.92. The van der Waals surface area contributed by atoms with Crippen LogP contribution in [-0.4, -0.2) is 37.4 Å². The molecule has 1 N–H and O–H groups in total. The third kappa shape index (κ3) is 4.99. The maximum absolute atomic E-state index is 11.1. The number of carbonyl (C=O) groups is 1. The van der Waals surface area contributed by atoms with Crippen molar-refractivity contribution in [2.24, 2.45) is 0 Å². The molecule has 0 spiro atoms. The summed E-state index contributed by atoms with van der Waals surface area (Å²) in [6, 6.07) is 0. The van der Waals surface area contributed by atoms with E-state index in [0.29, 0.717) is 5.57 Å². The molecule has 82 valence electrons. The van der Waals surface area contributed by atoms with Crippen LogP contribution in [0.2, 0.25) is 0 Å². The summed E-state index contributed by atoms with van der Waals surface area (Å²) in [4.78, 5) is 13.1. The second-order valence-electron chi connectivity index (χ2n) is 3.63. The fraction of sp³-hybridized carbons (Fsp3) is 0.700. The van der Waals surface area contributed by atoms with Crippen molar-refractivity contribution in [3.8, 4) is 0 Å². The van der Waals surface area contributed by atoms with Crippen molar-refractivity contribution in [1.29, 1.82) is 0 Å². The molecule has 0 saturated carbocycles. The number of ether oxygens (including phenoxy) is 1. The lowest BCUT2D eigenvalue weighted by Crippen LogP contribution is -2.45. The summed E-state index contributed by atoms with van der Waals surface area (Å²) in [7, 11) is 3.90. The quantitative estimate of drug-likeness (QED) is 0.407. The zero-order chi connectivity index (χ0) is 11.3. The molecule has 14 heavy (non-hydrogen) atoms. The van der Waals surface area contributed by atoms with Crippen LogP contribution in [0.1, 0.15) is 20.8 Å². The topological polar surface area (TPSA) is 41.6 Å². The Labute approximate surface area is 85.9 Å². The molecule has 0 bridgehead atoms. The molecule has 0 aliphatic rings. The summed E-state index contributed by atoms with van der Waals surface area (Å²) in [5, 5.41) is 3.11. The van der Waals surface area contributed by atoms with Crippen molar-refractivity contribution in [2.45, 2.75) is 33.2 Å². The normalized spacial score (nSPS) is 15.0. The van der Waals surface area contributed by atoms with Crippen molar-refractivity contribution in [3.05, 3.63) is 12.2 Å². The molecule has 4 heteroatoms. The summed E-state index contributed by atoms with van der Waals surface area (Å²) in [5.74, 6) is -0.365. The molecule has 0 saturated heterocycles. The van der Waals surface area contributed by atoms with Crippen molar-refractivity contribution in [2.75, 3.05) is 14.1 Å². The summed E-state index contributed by atoms with van der Waals surface area (Å²) < 4.78 is 5.06. The minimum atomic E-state index is -0.365. The van der Waals surface area contributed by atoms with Gasteiger partial charge in [-0.3, -0.25) is 10.2 Å². The monoisotopic (exact) mass is 200 g/mol. The first kappa shape index (κ1) is 13.1. The maximum Gasteiger partial charge on any atom is 0.334 e. The lowest BCUT2D eigenvalue weighted by Gasteiger charge is -2.25. The van der Waals surface area contributed by atoms with E-state index in [4.69, 9.17) is 4.74 Å². The first-order chi connectivity index (χ1) is 6.34. The van der Waals surface area contributed by atoms with Crippen LogP contribution < -0.4 is 5.32 Å². The second kappa shape index (κ2) is 5.78. The average molecular weight is 200 g/mol. The fourth-order valence-corrected chi connectivity index (χ4v) is 0.784. The van der Waals surface area contributed by atoms with Gasteiger partial charge in [-0.25, -0.2) is 4.79 Å². The van der Waals surface area contributed by atoms with Gasteiger partial charge in [-0.2, -0.15) is 0 Å². The highest BCUT2D eigenvalue weighted by Gasteiger charge is 2.12. The Bertz CT molecular complexity index is 214. The molecule has 0 aliphatic heterocycles. The number of esters is 1. The van der Waals surface area contributed by atoms with Crippen molar-refractivity contribution in [3.63, 3.8) is 0 Å². The average Bonchev–Trinajstić information content (AvgIpc) is 2.03. The van der Waals surface area contributed by atoms with Gasteiger partial charge in [0.2, 0.25) is 0 Å². The van der Waals surface area contributed by atoms with E-state index in [9.17, 15) is 4.79 Å². The number of carbonyl (C=O) groups excluding carboxylic acids is 1. The Kier molecular flexibility index (Phi) is 5.42. The smallest absolute Gasteiger partial charge is 0.334 e. The molecule has 0 rings (SSSR count). The van der Waals surface area contributed by atoms with Crippen LogP contribution in [0.25, 0.3) is 0 Å². The predicted octanol–water partition coefficient (Wildman–Crippen LogP) is 0.949. The molecule has 0 amide bonds. The largest absolute Gasteiger partial charge is 0.443 e. The first-order valence-corrected chi connectivity index (χ1v) is 4.63. The van der Waals surface area contributed by atoms with E-state index in [2.05, 4.69) is 11.9 Å². The van der Waals surface area contributed by atoms with Crippen LogP contribution in [0.5, 0.6) is 0 Å². The zero-order valence-electron chi connectivity index (χ0n) is 9.63. The molecule has 2 atom stereocenters. The van der Waals surface area contributed by atoms with Gasteiger partial charge in [-0.1, -0.05) is 6.58 Å². The first-order valence-electron chi connectivity index (χ1n) is 4.63. The van der Waals surface area contributed by atoms with Gasteiger partial charge in [0, 0.05) is 5.57 Å². The Morgan fingerprint density at radius 1 is 1.43 bits per heavy atom. The fourth-order valence-electron chi connectivity index (χ4n) is 0.784. The van der Waals surface area contributed by atoms with Crippen molar-refractivity contribution in [1.82, 2.24) is 10.2 Å². The lowest BCUT2D eigenvalue weighted by atomic mass is 10.4. The van der Waals surface area contributed by atoms with Crippen LogP contribution >= 0.6 is 0 Å². The summed E-state index contributed by atoms with van der Waals surface area (Å²) in [5.41, 5.74) is 0.413. The summed E-state index contributed by atoms with van der Waals surface area (Å²) in [6.07, 6.45) is -0.153. The van der Waals surface area contributed by atoms with E-state index in [0.717, 1.165) is 0 Å². The molecule has 0 aromatic rings. The van der Waals surface area contributed by atoms with Crippen LogP contribution in [0, 0.1) is 0 Å². The zero-order valence-corrected chi connectivity index (χ0v) is 9.63. The van der Waals surface area contributed by atoms with Crippen LogP contribution in [0.4, 0.5) is 0 Å². The minimum absolute atomic E-state index is 0.155. The van der Waals surface area contributed by atoms with Crippen LogP contribution in [-0.2, 0) is 9.53 Å². The Morgan fingerprint density at radius 2 is 1.93 bits per heavy atom. The molecule has 0 aliphatic carbocycles. The summed E-state index contributed by atoms with van der Waals surface area (Å²) >= 11 is 0. The highest BCUT2D eigenvalue weighted by Crippen LogP contribution is 1.97. The van der Waals surface area contributed by atoms with E-state index in [1.54, 1.807) is 13.8 Å². The SMILES string of the molecule is C=C(C)C(=O)OC(C)NC(C)N(C)C. The number of hydrogen-bond donors (Lipinski definition) is 1. The van der Waals surface area contributed by atoms with Crippen LogP contribution in [0.15, 0.2) is 12.2 Å². The van der Waals surface area contributed by atoms with Gasteiger partial charge in [0.05, 0.1) is 6.17 Å². The maximum atomic E-state index is 11.1. The van der Waals surface area contributed by atoms with Crippen LogP contribution in [0.3, 0.4) is 0 Å². The van der Waals surface area contributed by atoms with Gasteiger partial charge >= 0.3 is 5.97 Å². The molecular formula is C10H20N2O2. The Morgan fingerprint density at radius 3 is 2.29 bits per heavy atom. The van der Waals surface area contributed by atoms with Crippen molar-refractivity contribution >= 4 is 5.97 Å². The number of nitrogens with one attached hydrogen (secondary N) is 1. The highest BCUT2D eigenvalue weighted by atomic mass is 16.6. The molecule has 2 unspecified atom stereocenters. The molecule has 0 radical (unpaired) electrons. The molecule has 4 nitrogen and oxygen atoms in total. The molecular weight excluding hydrogens is 180 g/mol. The van der Waals surface area contributed by atoms with Gasteiger partial charge in [0.15, 0.2) is 6.23 Å². The minimum Gasteiger partial charge on any atom is -0.443 e. The number of rotatable bonds is 5. The summed E-state index contributed by atoms with van der Waals surface area (Å²) in [6.45, 7) is 8.92. The lowest BCUT2D eigenvalue weighted by molar-refractivity contribution is -0.145. The van der Waals surface area contributed by atoms with Crippen molar-refractivity contribution < 1.29 is 9.53 Å². The highest BCUT2D eigenvalue weighted by molar-refractivity contribution is 5.87. The van der Waals surface area contributed by atoms with E-state index in [1.165, 1.54) is 0 Å². The second-order valence-corrected chi connectivity index (χ2v) is 3.63. The number of hydrogen-bond acceptors (Lipinski definition) is 4. The van der Waals surface area contributed by atoms with Gasteiger partial charge in [0.25, 0.3) is 0 Å². The molecule has 0 fully saturated rings. The molecule has 0 heterocycles. The molecule has 0 aromatic carbocycles. The van der Waals surface area contributed by atoms with E-state index in [1.807, 2.05) is 25.9 Å². The van der Waals surface area contributed by atoms with E-state index in [-0.39, 0.29) is 18.4 Å².